The molecule has 4 heteroatoms. The molecule has 1 aliphatic heterocycles. The zero-order valence-electron chi connectivity index (χ0n) is 8.77. The molecule has 0 saturated heterocycles. The molecule has 0 aliphatic carbocycles. The molecule has 1 heterocycles. The quantitative estimate of drug-likeness (QED) is 0.321. The van der Waals surface area contributed by atoms with E-state index in [4.69, 9.17) is 9.47 Å². The third-order valence-electron chi connectivity index (χ3n) is 2.18. The largest absolute Gasteiger partial charge is 0.624 e. The molecule has 15 heavy (non-hydrogen) atoms. The predicted molar refractivity (Wildman–Crippen MR) is 56.5 cm³/mol. The van der Waals surface area contributed by atoms with E-state index in [2.05, 4.69) is 0 Å². The monoisotopic (exact) mass is 207 g/mol. The first-order valence-electron chi connectivity index (χ1n) is 4.87. The van der Waals surface area contributed by atoms with Crippen LogP contribution in [0.2, 0.25) is 0 Å². The maximum atomic E-state index is 11.4. The van der Waals surface area contributed by atoms with Gasteiger partial charge in [-0.15, -0.1) is 0 Å². The molecule has 0 saturated carbocycles. The number of hydrogen-bond donors (Lipinski definition) is 0. The summed E-state index contributed by atoms with van der Waals surface area (Å²) in [5.74, 6) is 1.43. The molecule has 0 N–H and O–H groups in total. The molecule has 0 bridgehead atoms. The Bertz CT molecular complexity index is 399. The van der Waals surface area contributed by atoms with Gasteiger partial charge in [-0.25, -0.2) is 4.74 Å². The van der Waals surface area contributed by atoms with Crippen LogP contribution in [-0.2, 0) is 0 Å². The molecular formula is C11H13NO3. The third-order valence-corrected chi connectivity index (χ3v) is 2.18. The van der Waals surface area contributed by atoms with Crippen LogP contribution in [0, 0.1) is 5.21 Å². The van der Waals surface area contributed by atoms with E-state index in [1.54, 1.807) is 12.3 Å². The topological polar surface area (TPSA) is 44.5 Å². The summed E-state index contributed by atoms with van der Waals surface area (Å²) >= 11 is 0. The summed E-state index contributed by atoms with van der Waals surface area (Å²) in [4.78, 5) is 0. The van der Waals surface area contributed by atoms with Gasteiger partial charge in [0.15, 0.2) is 23.8 Å². The van der Waals surface area contributed by atoms with Crippen LogP contribution in [0.4, 0.5) is 0 Å². The van der Waals surface area contributed by atoms with E-state index in [-0.39, 0.29) is 12.8 Å². The Morgan fingerprint density at radius 2 is 2.07 bits per heavy atom. The molecule has 4 nitrogen and oxygen atoms in total. The zero-order valence-corrected chi connectivity index (χ0v) is 8.77. The summed E-state index contributed by atoms with van der Waals surface area (Å²) < 4.78 is 11.3. The molecule has 0 radical (unpaired) electrons. The summed E-state index contributed by atoms with van der Waals surface area (Å²) in [6, 6.07) is 5.38. The normalized spacial score (nSPS) is 14.7. The smallest absolute Gasteiger partial charge is 0.231 e. The summed E-state index contributed by atoms with van der Waals surface area (Å²) in [5, 5.41) is 11.4. The molecule has 0 amide bonds. The van der Waals surface area contributed by atoms with Crippen molar-refractivity contribution in [2.75, 3.05) is 6.79 Å². The van der Waals surface area contributed by atoms with Gasteiger partial charge in [-0.05, 0) is 32.0 Å². The van der Waals surface area contributed by atoms with E-state index < -0.39 is 0 Å². The minimum Gasteiger partial charge on any atom is -0.624 e. The second-order valence-corrected chi connectivity index (χ2v) is 3.70. The van der Waals surface area contributed by atoms with Gasteiger partial charge in [0, 0.05) is 5.56 Å². The number of fused-ring (bicyclic) bond motifs is 1. The van der Waals surface area contributed by atoms with Crippen molar-refractivity contribution < 1.29 is 14.2 Å². The summed E-state index contributed by atoms with van der Waals surface area (Å²) in [6.45, 7) is 3.94. The average Bonchev–Trinajstić information content (AvgIpc) is 2.64. The second-order valence-electron chi connectivity index (χ2n) is 3.70. The Balaban J connectivity index is 2.27. The molecule has 2 rings (SSSR count). The van der Waals surface area contributed by atoms with Gasteiger partial charge in [-0.2, -0.15) is 0 Å². The van der Waals surface area contributed by atoms with Crippen LogP contribution < -0.4 is 9.47 Å². The number of rotatable bonds is 2. The predicted octanol–water partition coefficient (Wildman–Crippen LogP) is 1.75. The highest BCUT2D eigenvalue weighted by molar-refractivity contribution is 5.77. The number of ether oxygens (including phenoxy) is 2. The Kier molecular flexibility index (Phi) is 2.49. The Morgan fingerprint density at radius 3 is 2.80 bits per heavy atom. The highest BCUT2D eigenvalue weighted by Crippen LogP contribution is 2.31. The third kappa shape index (κ3) is 2.03. The maximum Gasteiger partial charge on any atom is 0.231 e. The van der Waals surface area contributed by atoms with E-state index in [1.807, 2.05) is 26.0 Å². The van der Waals surface area contributed by atoms with Gasteiger partial charge in [0.05, 0.1) is 0 Å². The number of hydrogen-bond acceptors (Lipinski definition) is 3. The van der Waals surface area contributed by atoms with Crippen LogP contribution >= 0.6 is 0 Å². The van der Waals surface area contributed by atoms with Crippen LogP contribution in [0.15, 0.2) is 18.2 Å². The second kappa shape index (κ2) is 3.81. The van der Waals surface area contributed by atoms with E-state index in [0.29, 0.717) is 5.75 Å². The van der Waals surface area contributed by atoms with Gasteiger partial charge in [0.25, 0.3) is 0 Å². The molecule has 1 aliphatic rings. The first kappa shape index (κ1) is 9.83. The van der Waals surface area contributed by atoms with E-state index in [9.17, 15) is 5.21 Å². The van der Waals surface area contributed by atoms with Gasteiger partial charge in [0.2, 0.25) is 6.79 Å². The Hall–Kier alpha value is -1.71. The molecule has 0 fully saturated rings. The van der Waals surface area contributed by atoms with Gasteiger partial charge >= 0.3 is 0 Å². The van der Waals surface area contributed by atoms with Crippen LogP contribution in [0.25, 0.3) is 0 Å². The van der Waals surface area contributed by atoms with Crippen molar-refractivity contribution in [3.8, 4) is 11.5 Å². The number of hydroxylamine groups is 1. The molecule has 0 unspecified atom stereocenters. The van der Waals surface area contributed by atoms with Crippen molar-refractivity contribution in [2.24, 2.45) is 0 Å². The molecule has 1 aromatic rings. The van der Waals surface area contributed by atoms with Gasteiger partial charge in [-0.3, -0.25) is 0 Å². The highest BCUT2D eigenvalue weighted by Gasteiger charge is 2.13. The van der Waals surface area contributed by atoms with Crippen LogP contribution in [0.1, 0.15) is 19.4 Å². The summed E-state index contributed by atoms with van der Waals surface area (Å²) in [5.41, 5.74) is 0.822. The minimum atomic E-state index is -0.0598. The molecule has 1 aromatic carbocycles. The van der Waals surface area contributed by atoms with Gasteiger partial charge < -0.3 is 14.7 Å². The lowest BCUT2D eigenvalue weighted by Crippen LogP contribution is -2.14. The SMILES string of the molecule is CC(C)[N+]([O-])=Cc1ccc2c(c1)OCO2. The van der Waals surface area contributed by atoms with Crippen molar-refractivity contribution in [3.05, 3.63) is 29.0 Å². The molecule has 0 aromatic heterocycles. The first-order valence-corrected chi connectivity index (χ1v) is 4.87. The molecule has 80 valence electrons. The van der Waals surface area contributed by atoms with E-state index in [0.717, 1.165) is 16.1 Å². The summed E-state index contributed by atoms with van der Waals surface area (Å²) in [7, 11) is 0. The lowest BCUT2D eigenvalue weighted by atomic mass is 10.2. The zero-order chi connectivity index (χ0) is 10.8. The van der Waals surface area contributed by atoms with Crippen molar-refractivity contribution in [1.82, 2.24) is 0 Å². The Morgan fingerprint density at radius 1 is 1.33 bits per heavy atom. The van der Waals surface area contributed by atoms with Crippen molar-refractivity contribution in [1.29, 1.82) is 0 Å². The standard InChI is InChI=1S/C11H13NO3/c1-8(2)12(13)6-9-3-4-10-11(5-9)15-7-14-10/h3-6,8H,7H2,1-2H3. The van der Waals surface area contributed by atoms with Crippen LogP contribution in [-0.4, -0.2) is 23.8 Å². The van der Waals surface area contributed by atoms with Gasteiger partial charge in [-0.1, -0.05) is 0 Å². The number of nitrogens with zero attached hydrogens (tertiary/aromatic N) is 1. The fourth-order valence-corrected chi connectivity index (χ4v) is 1.29. The lowest BCUT2D eigenvalue weighted by molar-refractivity contribution is -0.487. The average molecular weight is 207 g/mol. The molecule has 0 spiro atoms. The van der Waals surface area contributed by atoms with E-state index in [1.165, 1.54) is 0 Å². The fourth-order valence-electron chi connectivity index (χ4n) is 1.29. The lowest BCUT2D eigenvalue weighted by Gasteiger charge is -2.07. The molecular weight excluding hydrogens is 194 g/mol. The van der Waals surface area contributed by atoms with Crippen LogP contribution in [0.3, 0.4) is 0 Å². The van der Waals surface area contributed by atoms with Crippen LogP contribution in [0.5, 0.6) is 11.5 Å². The van der Waals surface area contributed by atoms with Gasteiger partial charge in [0.1, 0.15) is 0 Å². The highest BCUT2D eigenvalue weighted by atomic mass is 16.7. The molecule has 0 atom stereocenters. The fraction of sp³-hybridized carbons (Fsp3) is 0.364. The van der Waals surface area contributed by atoms with Crippen molar-refractivity contribution >= 4 is 6.21 Å². The maximum absolute atomic E-state index is 11.4. The van der Waals surface area contributed by atoms with Crippen molar-refractivity contribution in [3.63, 3.8) is 0 Å². The summed E-state index contributed by atoms with van der Waals surface area (Å²) in [6.07, 6.45) is 1.55. The van der Waals surface area contributed by atoms with Crippen molar-refractivity contribution in [2.45, 2.75) is 19.9 Å². The number of benzene rings is 1. The van der Waals surface area contributed by atoms with E-state index >= 15 is 0 Å². The minimum absolute atomic E-state index is 0.0598. The first-order chi connectivity index (χ1) is 7.16. The Labute approximate surface area is 88.3 Å².